The van der Waals surface area contributed by atoms with Crippen LogP contribution in [0.3, 0.4) is 0 Å². The summed E-state index contributed by atoms with van der Waals surface area (Å²) >= 11 is 0. The van der Waals surface area contributed by atoms with Crippen molar-refractivity contribution in [2.45, 2.75) is 64.1 Å². The van der Waals surface area contributed by atoms with E-state index in [1.54, 1.807) is 6.92 Å². The Labute approximate surface area is 98.3 Å². The molecule has 0 aromatic heterocycles. The van der Waals surface area contributed by atoms with Crippen molar-refractivity contribution in [1.29, 1.82) is 0 Å². The smallest absolute Gasteiger partial charge is 0.237 e. The molecule has 1 aliphatic heterocycles. The molecule has 3 unspecified atom stereocenters. The molecule has 1 heterocycles. The highest BCUT2D eigenvalue weighted by Gasteiger charge is 2.33. The predicted molar refractivity (Wildman–Crippen MR) is 65.9 cm³/mol. The van der Waals surface area contributed by atoms with Crippen molar-refractivity contribution in [2.75, 3.05) is 6.54 Å². The van der Waals surface area contributed by atoms with Crippen LogP contribution in [0.5, 0.6) is 0 Å². The molecule has 0 radical (unpaired) electrons. The number of hydrogen-bond donors (Lipinski definition) is 2. The van der Waals surface area contributed by atoms with E-state index in [4.69, 9.17) is 11.5 Å². The molecule has 0 bridgehead atoms. The Morgan fingerprint density at radius 1 is 1.62 bits per heavy atom. The highest BCUT2D eigenvalue weighted by molar-refractivity contribution is 5.83. The van der Waals surface area contributed by atoms with Crippen LogP contribution >= 0.6 is 0 Å². The minimum absolute atomic E-state index is 0.329. The SMILES string of the molecule is CCC1CCCN1C(C)CC(C)(N)C(N)=O. The molecule has 4 heteroatoms. The van der Waals surface area contributed by atoms with E-state index in [1.807, 2.05) is 0 Å². The van der Waals surface area contributed by atoms with Crippen LogP contribution < -0.4 is 11.5 Å². The van der Waals surface area contributed by atoms with E-state index in [9.17, 15) is 4.79 Å². The monoisotopic (exact) mass is 227 g/mol. The van der Waals surface area contributed by atoms with E-state index in [1.165, 1.54) is 19.3 Å². The van der Waals surface area contributed by atoms with Crippen molar-refractivity contribution in [2.24, 2.45) is 11.5 Å². The first-order valence-corrected chi connectivity index (χ1v) is 6.23. The van der Waals surface area contributed by atoms with E-state index >= 15 is 0 Å². The maximum absolute atomic E-state index is 11.2. The van der Waals surface area contributed by atoms with Gasteiger partial charge in [0.2, 0.25) is 5.91 Å². The van der Waals surface area contributed by atoms with E-state index < -0.39 is 11.4 Å². The third-order valence-corrected chi connectivity index (χ3v) is 3.74. The lowest BCUT2D eigenvalue weighted by atomic mass is 9.93. The van der Waals surface area contributed by atoms with Gasteiger partial charge in [0.1, 0.15) is 0 Å². The van der Waals surface area contributed by atoms with Crippen LogP contribution in [0.2, 0.25) is 0 Å². The van der Waals surface area contributed by atoms with Crippen LogP contribution in [-0.2, 0) is 4.79 Å². The largest absolute Gasteiger partial charge is 0.368 e. The highest BCUT2D eigenvalue weighted by Crippen LogP contribution is 2.25. The summed E-state index contributed by atoms with van der Waals surface area (Å²) in [6.45, 7) is 7.20. The number of amides is 1. The second kappa shape index (κ2) is 5.15. The van der Waals surface area contributed by atoms with E-state index in [-0.39, 0.29) is 0 Å². The van der Waals surface area contributed by atoms with Gasteiger partial charge in [-0.2, -0.15) is 0 Å². The predicted octanol–water partition coefficient (Wildman–Crippen LogP) is 0.842. The molecule has 1 fully saturated rings. The molecule has 0 aromatic rings. The molecular formula is C12H25N3O. The standard InChI is InChI=1S/C12H25N3O/c1-4-10-6-5-7-15(10)9(2)8-12(3,14)11(13)16/h9-10H,4-8,14H2,1-3H3,(H2,13,16). The Morgan fingerprint density at radius 3 is 2.75 bits per heavy atom. The first-order chi connectivity index (χ1) is 7.38. The van der Waals surface area contributed by atoms with Gasteiger partial charge in [-0.1, -0.05) is 6.92 Å². The number of carbonyl (C=O) groups excluding carboxylic acids is 1. The molecule has 4 nitrogen and oxygen atoms in total. The Balaban J connectivity index is 2.58. The number of carbonyl (C=O) groups is 1. The second-order valence-electron chi connectivity index (χ2n) is 5.28. The normalized spacial score (nSPS) is 27.6. The van der Waals surface area contributed by atoms with E-state index in [0.29, 0.717) is 18.5 Å². The zero-order chi connectivity index (χ0) is 12.3. The summed E-state index contributed by atoms with van der Waals surface area (Å²) < 4.78 is 0. The summed E-state index contributed by atoms with van der Waals surface area (Å²) in [5, 5.41) is 0. The molecule has 3 atom stereocenters. The zero-order valence-electron chi connectivity index (χ0n) is 10.7. The molecule has 1 amide bonds. The molecule has 0 aliphatic carbocycles. The van der Waals surface area contributed by atoms with E-state index in [0.717, 1.165) is 6.54 Å². The van der Waals surface area contributed by atoms with Crippen LogP contribution in [0.1, 0.15) is 46.5 Å². The molecule has 0 aromatic carbocycles. The number of rotatable bonds is 5. The van der Waals surface area contributed by atoms with Gasteiger partial charge in [-0.15, -0.1) is 0 Å². The number of likely N-dealkylation sites (tertiary alicyclic amines) is 1. The van der Waals surface area contributed by atoms with Gasteiger partial charge in [-0.25, -0.2) is 0 Å². The summed E-state index contributed by atoms with van der Waals surface area (Å²) in [6, 6.07) is 0.980. The highest BCUT2D eigenvalue weighted by atomic mass is 16.1. The molecule has 1 rings (SSSR count). The molecule has 94 valence electrons. The molecule has 4 N–H and O–H groups in total. The Kier molecular flexibility index (Phi) is 4.33. The molecule has 16 heavy (non-hydrogen) atoms. The van der Waals surface area contributed by atoms with Crippen molar-refractivity contribution >= 4 is 5.91 Å². The van der Waals surface area contributed by atoms with Crippen molar-refractivity contribution in [3.05, 3.63) is 0 Å². The number of nitrogens with zero attached hydrogens (tertiary/aromatic N) is 1. The number of nitrogens with two attached hydrogens (primary N) is 2. The summed E-state index contributed by atoms with van der Waals surface area (Å²) in [5.74, 6) is -0.411. The lowest BCUT2D eigenvalue weighted by Gasteiger charge is -2.34. The van der Waals surface area contributed by atoms with Gasteiger partial charge in [0, 0.05) is 12.1 Å². The van der Waals surface area contributed by atoms with Crippen LogP contribution in [0, 0.1) is 0 Å². The topological polar surface area (TPSA) is 72.3 Å². The van der Waals surface area contributed by atoms with Crippen molar-refractivity contribution in [3.63, 3.8) is 0 Å². The van der Waals surface area contributed by atoms with Gasteiger partial charge in [0.25, 0.3) is 0 Å². The average molecular weight is 227 g/mol. The van der Waals surface area contributed by atoms with Gasteiger partial charge in [0.05, 0.1) is 5.54 Å². The minimum Gasteiger partial charge on any atom is -0.368 e. The number of hydrogen-bond acceptors (Lipinski definition) is 3. The number of primary amides is 1. The Bertz CT molecular complexity index is 253. The maximum atomic E-state index is 11.2. The van der Waals surface area contributed by atoms with Crippen molar-refractivity contribution < 1.29 is 4.79 Å². The maximum Gasteiger partial charge on any atom is 0.237 e. The van der Waals surface area contributed by atoms with Gasteiger partial charge in [-0.3, -0.25) is 9.69 Å². The van der Waals surface area contributed by atoms with Crippen LogP contribution in [0.15, 0.2) is 0 Å². The summed E-state index contributed by atoms with van der Waals surface area (Å²) in [4.78, 5) is 13.7. The first-order valence-electron chi connectivity index (χ1n) is 6.23. The quantitative estimate of drug-likeness (QED) is 0.731. The molecule has 1 saturated heterocycles. The summed E-state index contributed by atoms with van der Waals surface area (Å²) in [5.41, 5.74) is 10.3. The van der Waals surface area contributed by atoms with Gasteiger partial charge < -0.3 is 11.5 Å². The minimum atomic E-state index is -0.889. The van der Waals surface area contributed by atoms with Crippen LogP contribution in [-0.4, -0.2) is 35.0 Å². The molecule has 1 aliphatic rings. The lowest BCUT2D eigenvalue weighted by Crippen LogP contribution is -2.53. The van der Waals surface area contributed by atoms with Crippen molar-refractivity contribution in [1.82, 2.24) is 4.90 Å². The van der Waals surface area contributed by atoms with Crippen molar-refractivity contribution in [3.8, 4) is 0 Å². The van der Waals surface area contributed by atoms with Crippen LogP contribution in [0.4, 0.5) is 0 Å². The van der Waals surface area contributed by atoms with Crippen LogP contribution in [0.25, 0.3) is 0 Å². The third kappa shape index (κ3) is 2.95. The fourth-order valence-electron chi connectivity index (χ4n) is 2.71. The Morgan fingerprint density at radius 2 is 2.25 bits per heavy atom. The zero-order valence-corrected chi connectivity index (χ0v) is 10.7. The lowest BCUT2D eigenvalue weighted by molar-refractivity contribution is -0.123. The second-order valence-corrected chi connectivity index (χ2v) is 5.28. The first kappa shape index (κ1) is 13.5. The molecular weight excluding hydrogens is 202 g/mol. The summed E-state index contributed by atoms with van der Waals surface area (Å²) in [6.07, 6.45) is 4.32. The van der Waals surface area contributed by atoms with Gasteiger partial charge in [0.15, 0.2) is 0 Å². The van der Waals surface area contributed by atoms with E-state index in [2.05, 4.69) is 18.7 Å². The van der Waals surface area contributed by atoms with Gasteiger partial charge in [-0.05, 0) is 46.1 Å². The fraction of sp³-hybridized carbons (Fsp3) is 0.917. The molecule has 0 spiro atoms. The molecule has 0 saturated carbocycles. The fourth-order valence-corrected chi connectivity index (χ4v) is 2.71. The Hall–Kier alpha value is -0.610. The summed E-state index contributed by atoms with van der Waals surface area (Å²) in [7, 11) is 0. The van der Waals surface area contributed by atoms with Gasteiger partial charge >= 0.3 is 0 Å². The average Bonchev–Trinajstić information content (AvgIpc) is 2.64. The third-order valence-electron chi connectivity index (χ3n) is 3.74.